The Morgan fingerprint density at radius 1 is 1.27 bits per heavy atom. The first-order valence-electron chi connectivity index (χ1n) is 4.95. The molecule has 0 aliphatic rings. The van der Waals surface area contributed by atoms with Gasteiger partial charge in [0.05, 0.1) is 0 Å². The molecule has 1 aromatic rings. The third-order valence-corrected chi connectivity index (χ3v) is 2.58. The van der Waals surface area contributed by atoms with Gasteiger partial charge in [-0.2, -0.15) is 0 Å². The second kappa shape index (κ2) is 6.81. The number of halogens is 2. The Balaban J connectivity index is 2.37. The van der Waals surface area contributed by atoms with Gasteiger partial charge in [0, 0.05) is 24.1 Å². The SMILES string of the molecule is O=C(CCCCCCl)c1ccc(Cl)nc1. The van der Waals surface area contributed by atoms with E-state index in [4.69, 9.17) is 23.2 Å². The van der Waals surface area contributed by atoms with Crippen molar-refractivity contribution in [2.45, 2.75) is 25.7 Å². The Hall–Kier alpha value is -0.600. The number of carbonyl (C=O) groups excluding carboxylic acids is 1. The first-order valence-corrected chi connectivity index (χ1v) is 5.86. The van der Waals surface area contributed by atoms with Crippen molar-refractivity contribution in [2.24, 2.45) is 0 Å². The second-order valence-corrected chi connectivity index (χ2v) is 4.06. The quantitative estimate of drug-likeness (QED) is 0.331. The van der Waals surface area contributed by atoms with Crippen molar-refractivity contribution in [3.8, 4) is 0 Å². The van der Waals surface area contributed by atoms with Crippen LogP contribution in [0.1, 0.15) is 36.0 Å². The molecule has 0 saturated heterocycles. The molecule has 15 heavy (non-hydrogen) atoms. The molecule has 0 saturated carbocycles. The average Bonchev–Trinajstić information content (AvgIpc) is 2.25. The van der Waals surface area contributed by atoms with Crippen LogP contribution in [0.5, 0.6) is 0 Å². The summed E-state index contributed by atoms with van der Waals surface area (Å²) in [5, 5.41) is 0.411. The summed E-state index contributed by atoms with van der Waals surface area (Å²) in [6.07, 6.45) is 4.92. The predicted octanol–water partition coefficient (Wildman–Crippen LogP) is 3.72. The predicted molar refractivity (Wildman–Crippen MR) is 62.8 cm³/mol. The van der Waals surface area contributed by atoms with Gasteiger partial charge in [0.15, 0.2) is 5.78 Å². The fourth-order valence-corrected chi connectivity index (χ4v) is 1.54. The number of pyridine rings is 1. The lowest BCUT2D eigenvalue weighted by Gasteiger charge is -2.00. The van der Waals surface area contributed by atoms with Crippen molar-refractivity contribution in [3.63, 3.8) is 0 Å². The number of carbonyl (C=O) groups is 1. The van der Waals surface area contributed by atoms with Gasteiger partial charge in [0.2, 0.25) is 0 Å². The number of hydrogen-bond acceptors (Lipinski definition) is 2. The molecule has 1 heterocycles. The smallest absolute Gasteiger partial charge is 0.164 e. The van der Waals surface area contributed by atoms with Gasteiger partial charge in [0.25, 0.3) is 0 Å². The molecule has 1 aromatic heterocycles. The van der Waals surface area contributed by atoms with Crippen LogP contribution >= 0.6 is 23.2 Å². The molecule has 0 N–H and O–H groups in total. The number of ketones is 1. The number of Topliss-reactive ketones (excluding diaryl/α,β-unsaturated/α-hetero) is 1. The third-order valence-electron chi connectivity index (χ3n) is 2.09. The maximum Gasteiger partial charge on any atom is 0.164 e. The van der Waals surface area contributed by atoms with Crippen molar-refractivity contribution in [1.29, 1.82) is 0 Å². The molecule has 82 valence electrons. The van der Waals surface area contributed by atoms with Crippen LogP contribution in [0.25, 0.3) is 0 Å². The minimum atomic E-state index is 0.119. The van der Waals surface area contributed by atoms with E-state index in [1.807, 2.05) is 0 Å². The van der Waals surface area contributed by atoms with E-state index in [0.29, 0.717) is 23.0 Å². The Kier molecular flexibility index (Phi) is 5.66. The molecule has 0 aliphatic heterocycles. The Labute approximate surface area is 99.6 Å². The van der Waals surface area contributed by atoms with E-state index in [9.17, 15) is 4.79 Å². The van der Waals surface area contributed by atoms with Gasteiger partial charge >= 0.3 is 0 Å². The van der Waals surface area contributed by atoms with E-state index >= 15 is 0 Å². The molecule has 0 fully saturated rings. The van der Waals surface area contributed by atoms with Crippen LogP contribution in [0.3, 0.4) is 0 Å². The van der Waals surface area contributed by atoms with Crippen LogP contribution in [0.15, 0.2) is 18.3 Å². The fraction of sp³-hybridized carbons (Fsp3) is 0.455. The summed E-state index contributed by atoms with van der Waals surface area (Å²) in [4.78, 5) is 15.5. The molecule has 0 amide bonds. The highest BCUT2D eigenvalue weighted by molar-refractivity contribution is 6.29. The number of rotatable bonds is 6. The maximum absolute atomic E-state index is 11.6. The van der Waals surface area contributed by atoms with E-state index in [2.05, 4.69) is 4.98 Å². The Morgan fingerprint density at radius 3 is 2.67 bits per heavy atom. The molecule has 4 heteroatoms. The zero-order valence-corrected chi connectivity index (χ0v) is 9.89. The van der Waals surface area contributed by atoms with Crippen LogP contribution in [-0.4, -0.2) is 16.6 Å². The standard InChI is InChI=1S/C11H13Cl2NO/c12-7-3-1-2-4-10(15)9-5-6-11(13)14-8-9/h5-6,8H,1-4,7H2. The molecular weight excluding hydrogens is 233 g/mol. The molecule has 1 rings (SSSR count). The first-order chi connectivity index (χ1) is 7.24. The normalized spacial score (nSPS) is 10.3. The average molecular weight is 246 g/mol. The van der Waals surface area contributed by atoms with Crippen LogP contribution in [-0.2, 0) is 0 Å². The summed E-state index contributed by atoms with van der Waals surface area (Å²) in [5.74, 6) is 0.783. The number of nitrogens with zero attached hydrogens (tertiary/aromatic N) is 1. The summed E-state index contributed by atoms with van der Waals surface area (Å²) in [7, 11) is 0. The molecule has 0 aromatic carbocycles. The number of hydrogen-bond donors (Lipinski definition) is 0. The van der Waals surface area contributed by atoms with Gasteiger partial charge < -0.3 is 0 Å². The van der Waals surface area contributed by atoms with Gasteiger partial charge in [-0.25, -0.2) is 4.98 Å². The lowest BCUT2D eigenvalue weighted by Crippen LogP contribution is -1.99. The maximum atomic E-state index is 11.6. The highest BCUT2D eigenvalue weighted by Gasteiger charge is 2.05. The van der Waals surface area contributed by atoms with Gasteiger partial charge in [-0.15, -0.1) is 11.6 Å². The Morgan fingerprint density at radius 2 is 2.07 bits per heavy atom. The zero-order valence-electron chi connectivity index (χ0n) is 8.38. The summed E-state index contributed by atoms with van der Waals surface area (Å²) in [6.45, 7) is 0. The van der Waals surface area contributed by atoms with Crippen LogP contribution in [0, 0.1) is 0 Å². The lowest BCUT2D eigenvalue weighted by atomic mass is 10.1. The fourth-order valence-electron chi connectivity index (χ4n) is 1.24. The van der Waals surface area contributed by atoms with E-state index in [0.717, 1.165) is 19.3 Å². The minimum absolute atomic E-state index is 0.119. The van der Waals surface area contributed by atoms with Gasteiger partial charge in [-0.1, -0.05) is 18.0 Å². The monoisotopic (exact) mass is 245 g/mol. The van der Waals surface area contributed by atoms with Gasteiger partial charge in [-0.3, -0.25) is 4.79 Å². The minimum Gasteiger partial charge on any atom is -0.294 e. The van der Waals surface area contributed by atoms with Crippen LogP contribution < -0.4 is 0 Å². The number of aromatic nitrogens is 1. The summed E-state index contributed by atoms with van der Waals surface area (Å²) in [5.41, 5.74) is 0.630. The highest BCUT2D eigenvalue weighted by Crippen LogP contribution is 2.10. The van der Waals surface area contributed by atoms with E-state index < -0.39 is 0 Å². The van der Waals surface area contributed by atoms with Gasteiger partial charge in [0.1, 0.15) is 5.15 Å². The van der Waals surface area contributed by atoms with Gasteiger partial charge in [-0.05, 0) is 25.0 Å². The zero-order chi connectivity index (χ0) is 11.1. The molecule has 0 radical (unpaired) electrons. The summed E-state index contributed by atoms with van der Waals surface area (Å²) in [6, 6.07) is 3.34. The molecule has 0 bridgehead atoms. The number of unbranched alkanes of at least 4 members (excludes halogenated alkanes) is 2. The van der Waals surface area contributed by atoms with Crippen molar-refractivity contribution >= 4 is 29.0 Å². The molecule has 0 spiro atoms. The largest absolute Gasteiger partial charge is 0.294 e. The second-order valence-electron chi connectivity index (χ2n) is 3.29. The van der Waals surface area contributed by atoms with Crippen molar-refractivity contribution in [2.75, 3.05) is 5.88 Å². The Bertz CT molecular complexity index is 311. The molecule has 2 nitrogen and oxygen atoms in total. The van der Waals surface area contributed by atoms with Crippen LogP contribution in [0.2, 0.25) is 5.15 Å². The van der Waals surface area contributed by atoms with E-state index in [1.54, 1.807) is 12.1 Å². The van der Waals surface area contributed by atoms with Crippen molar-refractivity contribution in [1.82, 2.24) is 4.98 Å². The molecule has 0 unspecified atom stereocenters. The lowest BCUT2D eigenvalue weighted by molar-refractivity contribution is 0.0979. The third kappa shape index (κ3) is 4.63. The summed E-state index contributed by atoms with van der Waals surface area (Å²) < 4.78 is 0. The van der Waals surface area contributed by atoms with E-state index in [-0.39, 0.29) is 5.78 Å². The van der Waals surface area contributed by atoms with Crippen molar-refractivity contribution < 1.29 is 4.79 Å². The topological polar surface area (TPSA) is 30.0 Å². The number of alkyl halides is 1. The highest BCUT2D eigenvalue weighted by atomic mass is 35.5. The van der Waals surface area contributed by atoms with E-state index in [1.165, 1.54) is 6.20 Å². The molecule has 0 aliphatic carbocycles. The van der Waals surface area contributed by atoms with Crippen molar-refractivity contribution in [3.05, 3.63) is 29.0 Å². The first kappa shape index (κ1) is 12.5. The molecule has 0 atom stereocenters. The molecular formula is C11H13Cl2NO. The van der Waals surface area contributed by atoms with Crippen LogP contribution in [0.4, 0.5) is 0 Å². The summed E-state index contributed by atoms with van der Waals surface area (Å²) >= 11 is 11.2.